The molecule has 0 atom stereocenters. The standard InChI is InChI=1S/C66H50BN3/c1-65(2,3)45-24-28-47(29-25-45)68(48-30-26-46(27-31-48)66(4,5)6)58-38-52-50-23-15-22-49-51-32-41-20-13-14-21-42(41)37-57(51)70(62(49)50)67-56-36-44(40-18-11-8-12-19-40)34-54-53-33-43(39-16-9-7-10-17-39)35-55-59(58)64(60(52)67)69(61(53)55)63(54)56/h7-38H,1-6H3. The van der Waals surface area contributed by atoms with Gasteiger partial charge in [-0.05, 0) is 132 Å². The molecule has 0 unspecified atom stereocenters. The summed E-state index contributed by atoms with van der Waals surface area (Å²) in [6.07, 6.45) is 0. The molecule has 0 aliphatic carbocycles. The van der Waals surface area contributed by atoms with Crippen LogP contribution in [0.25, 0.3) is 104 Å². The van der Waals surface area contributed by atoms with Gasteiger partial charge in [-0.2, -0.15) is 0 Å². The molecule has 0 saturated heterocycles. The van der Waals surface area contributed by atoms with Crippen LogP contribution >= 0.6 is 0 Å². The van der Waals surface area contributed by atoms with Crippen molar-refractivity contribution in [2.45, 2.75) is 52.4 Å². The zero-order chi connectivity index (χ0) is 46.9. The van der Waals surface area contributed by atoms with Crippen LogP contribution in [-0.4, -0.2) is 15.7 Å². The highest BCUT2D eigenvalue weighted by Gasteiger charge is 2.43. The van der Waals surface area contributed by atoms with Crippen LogP contribution in [0.15, 0.2) is 194 Å². The van der Waals surface area contributed by atoms with Gasteiger partial charge >= 0.3 is 6.85 Å². The second-order valence-electron chi connectivity index (χ2n) is 22.1. The molecule has 2 aliphatic rings. The van der Waals surface area contributed by atoms with Gasteiger partial charge in [0.1, 0.15) is 0 Å². The van der Waals surface area contributed by atoms with E-state index in [1.54, 1.807) is 0 Å². The van der Waals surface area contributed by atoms with E-state index in [0.29, 0.717) is 0 Å². The van der Waals surface area contributed by atoms with E-state index < -0.39 is 0 Å². The van der Waals surface area contributed by atoms with Crippen molar-refractivity contribution < 1.29 is 0 Å². The molecule has 4 heteroatoms. The SMILES string of the molecule is CC(C)(C)c1ccc(N(c2ccc(C(C)(C)C)cc2)c2cc3c4c5c2c2cc(-c6ccccc6)cc6c7cc(-c8ccccc8)cc(c7n5c62)B4n2c4cc5ccccc5cc4c4cccc-3c42)cc1. The molecule has 3 nitrogen and oxygen atoms in total. The summed E-state index contributed by atoms with van der Waals surface area (Å²) in [5, 5.41) is 10.3. The van der Waals surface area contributed by atoms with Gasteiger partial charge in [-0.15, -0.1) is 0 Å². The van der Waals surface area contributed by atoms with Crippen LogP contribution in [0.3, 0.4) is 0 Å². The quantitative estimate of drug-likeness (QED) is 0.157. The third kappa shape index (κ3) is 5.37. The number of hydrogen-bond donors (Lipinski definition) is 0. The fraction of sp³-hybridized carbons (Fsp3) is 0.121. The summed E-state index contributed by atoms with van der Waals surface area (Å²) >= 11 is 0. The minimum absolute atomic E-state index is 0.0198. The molecule has 0 bridgehead atoms. The lowest BCUT2D eigenvalue weighted by atomic mass is 9.45. The summed E-state index contributed by atoms with van der Waals surface area (Å²) in [5.41, 5.74) is 22.9. The summed E-state index contributed by atoms with van der Waals surface area (Å²) in [6.45, 7) is 13.8. The van der Waals surface area contributed by atoms with Gasteiger partial charge in [0.2, 0.25) is 0 Å². The molecule has 0 amide bonds. The van der Waals surface area contributed by atoms with Crippen LogP contribution in [-0.2, 0) is 10.8 Å². The molecule has 3 aromatic heterocycles. The first-order valence-electron chi connectivity index (χ1n) is 25.0. The fourth-order valence-corrected chi connectivity index (χ4v) is 12.7. The maximum atomic E-state index is 2.74. The lowest BCUT2D eigenvalue weighted by Gasteiger charge is -2.34. The highest BCUT2D eigenvalue weighted by molar-refractivity contribution is 6.91. The highest BCUT2D eigenvalue weighted by Crippen LogP contribution is 2.52. The molecular weight excluding hydrogens is 846 g/mol. The van der Waals surface area contributed by atoms with Gasteiger partial charge in [0.25, 0.3) is 0 Å². The van der Waals surface area contributed by atoms with Crippen molar-refractivity contribution in [2.75, 3.05) is 4.90 Å². The molecule has 0 fully saturated rings. The summed E-state index contributed by atoms with van der Waals surface area (Å²) < 4.78 is 5.43. The fourth-order valence-electron chi connectivity index (χ4n) is 12.7. The number of hydrogen-bond acceptors (Lipinski definition) is 1. The second kappa shape index (κ2) is 13.8. The van der Waals surface area contributed by atoms with Crippen LogP contribution in [0, 0.1) is 0 Å². The van der Waals surface area contributed by atoms with Gasteiger partial charge in [0.15, 0.2) is 0 Å². The topological polar surface area (TPSA) is 12.6 Å². The van der Waals surface area contributed by atoms with Crippen molar-refractivity contribution >= 4 is 106 Å². The number of fused-ring (bicyclic) bond motifs is 9. The van der Waals surface area contributed by atoms with E-state index in [0.717, 1.165) is 11.4 Å². The van der Waals surface area contributed by atoms with Crippen LogP contribution in [0.2, 0.25) is 0 Å². The molecule has 0 N–H and O–H groups in total. The average Bonchev–Trinajstić information content (AvgIpc) is 4.02. The van der Waals surface area contributed by atoms with E-state index in [1.165, 1.54) is 132 Å². The van der Waals surface area contributed by atoms with Crippen LogP contribution in [0.1, 0.15) is 52.7 Å². The van der Waals surface area contributed by atoms with Gasteiger partial charge in [0.05, 0.1) is 22.2 Å². The summed E-state index contributed by atoms with van der Waals surface area (Å²) in [5.74, 6) is 0. The Bertz CT molecular complexity index is 4280. The number of nitrogens with zero attached hydrogens (tertiary/aromatic N) is 3. The first-order valence-corrected chi connectivity index (χ1v) is 25.0. The number of anilines is 3. The Morgan fingerprint density at radius 2 is 0.957 bits per heavy atom. The summed E-state index contributed by atoms with van der Waals surface area (Å²) in [7, 11) is 0. The van der Waals surface area contributed by atoms with Crippen molar-refractivity contribution in [2.24, 2.45) is 0 Å². The third-order valence-corrected chi connectivity index (χ3v) is 16.0. The first-order chi connectivity index (χ1) is 34.0. The second-order valence-corrected chi connectivity index (χ2v) is 22.1. The predicted octanol–water partition coefficient (Wildman–Crippen LogP) is 16.4. The van der Waals surface area contributed by atoms with Crippen molar-refractivity contribution in [3.05, 3.63) is 205 Å². The van der Waals surface area contributed by atoms with E-state index in [4.69, 9.17) is 0 Å². The van der Waals surface area contributed by atoms with E-state index in [1.807, 2.05) is 0 Å². The lowest BCUT2D eigenvalue weighted by Crippen LogP contribution is -2.54. The normalized spacial score (nSPS) is 13.3. The van der Waals surface area contributed by atoms with Gasteiger partial charge in [-0.3, -0.25) is 0 Å². The Labute approximate surface area is 408 Å². The molecule has 2 aliphatic heterocycles. The highest BCUT2D eigenvalue weighted by atomic mass is 15.1. The zero-order valence-corrected chi connectivity index (χ0v) is 40.4. The van der Waals surface area contributed by atoms with Gasteiger partial charge in [-0.25, -0.2) is 0 Å². The monoisotopic (exact) mass is 895 g/mol. The zero-order valence-electron chi connectivity index (χ0n) is 40.4. The Balaban J connectivity index is 1.16. The Morgan fingerprint density at radius 1 is 0.400 bits per heavy atom. The van der Waals surface area contributed by atoms with Gasteiger partial charge in [0, 0.05) is 60.3 Å². The van der Waals surface area contributed by atoms with Crippen LogP contribution in [0.4, 0.5) is 17.1 Å². The van der Waals surface area contributed by atoms with Crippen molar-refractivity contribution in [1.29, 1.82) is 0 Å². The predicted molar refractivity (Wildman–Crippen MR) is 300 cm³/mol. The molecule has 13 aromatic rings. The molecular formula is C66H50BN3. The third-order valence-electron chi connectivity index (χ3n) is 16.0. The molecule has 15 rings (SSSR count). The van der Waals surface area contributed by atoms with Crippen molar-refractivity contribution in [1.82, 2.24) is 8.88 Å². The Kier molecular flexibility index (Phi) is 7.86. The van der Waals surface area contributed by atoms with E-state index >= 15 is 0 Å². The summed E-state index contributed by atoms with van der Waals surface area (Å²) in [6, 6.07) is 74.2. The maximum Gasteiger partial charge on any atom is 0.333 e. The maximum absolute atomic E-state index is 2.74. The first kappa shape index (κ1) is 39.9. The molecule has 0 radical (unpaired) electrons. The number of benzene rings is 10. The number of aromatic nitrogens is 2. The number of para-hydroxylation sites is 1. The van der Waals surface area contributed by atoms with Crippen molar-refractivity contribution in [3.8, 4) is 33.4 Å². The molecule has 0 spiro atoms. The minimum Gasteiger partial charge on any atom is -0.375 e. The smallest absolute Gasteiger partial charge is 0.333 e. The Morgan fingerprint density at radius 3 is 1.57 bits per heavy atom. The van der Waals surface area contributed by atoms with E-state index in [2.05, 4.69) is 249 Å². The Hall–Kier alpha value is -8.08. The molecule has 10 aromatic carbocycles. The van der Waals surface area contributed by atoms with Crippen LogP contribution in [0.5, 0.6) is 0 Å². The molecule has 70 heavy (non-hydrogen) atoms. The average molecular weight is 896 g/mol. The number of rotatable bonds is 5. The minimum atomic E-state index is -0.0786. The molecule has 332 valence electrons. The van der Waals surface area contributed by atoms with Gasteiger partial charge in [-0.1, -0.05) is 175 Å². The molecule has 0 saturated carbocycles. The van der Waals surface area contributed by atoms with E-state index in [9.17, 15) is 0 Å². The van der Waals surface area contributed by atoms with Crippen LogP contribution < -0.4 is 15.8 Å². The molecule has 5 heterocycles. The van der Waals surface area contributed by atoms with E-state index in [-0.39, 0.29) is 17.7 Å². The largest absolute Gasteiger partial charge is 0.375 e. The lowest BCUT2D eigenvalue weighted by molar-refractivity contribution is 0.590. The van der Waals surface area contributed by atoms with Crippen molar-refractivity contribution in [3.63, 3.8) is 0 Å². The van der Waals surface area contributed by atoms with Gasteiger partial charge < -0.3 is 13.8 Å². The summed E-state index contributed by atoms with van der Waals surface area (Å²) in [4.78, 5) is 2.57.